The van der Waals surface area contributed by atoms with Gasteiger partial charge in [0.1, 0.15) is 6.33 Å². The van der Waals surface area contributed by atoms with Crippen molar-refractivity contribution >= 4 is 11.8 Å². The third-order valence-corrected chi connectivity index (χ3v) is 7.50. The van der Waals surface area contributed by atoms with Gasteiger partial charge in [0.25, 0.3) is 0 Å². The number of aliphatic hydroxyl groups excluding tert-OH is 1. The van der Waals surface area contributed by atoms with Crippen molar-refractivity contribution in [3.05, 3.63) is 101 Å². The molecule has 186 valence electrons. The number of ether oxygens (including phenoxy) is 2. The highest BCUT2D eigenvalue weighted by atomic mass is 32.2. The molecule has 0 unspecified atom stereocenters. The van der Waals surface area contributed by atoms with Crippen molar-refractivity contribution in [3.8, 4) is 11.1 Å². The van der Waals surface area contributed by atoms with Crippen LogP contribution in [-0.2, 0) is 29.7 Å². The summed E-state index contributed by atoms with van der Waals surface area (Å²) in [6.45, 7) is 0.524. The normalized spacial score (nSPS) is 19.9. The van der Waals surface area contributed by atoms with Crippen molar-refractivity contribution in [2.45, 2.75) is 43.2 Å². The maximum atomic E-state index is 9.43. The van der Waals surface area contributed by atoms with Gasteiger partial charge in [-0.1, -0.05) is 72.4 Å². The first kappa shape index (κ1) is 24.7. The van der Waals surface area contributed by atoms with Gasteiger partial charge in [-0.15, -0.1) is 10.2 Å². The number of rotatable bonds is 8. The highest BCUT2D eigenvalue weighted by molar-refractivity contribution is 7.99. The molecule has 8 heteroatoms. The molecular formula is C28H30N4O3S. The van der Waals surface area contributed by atoms with Crippen molar-refractivity contribution in [2.24, 2.45) is 12.8 Å². The summed E-state index contributed by atoms with van der Waals surface area (Å²) in [5.74, 6) is 0.732. The van der Waals surface area contributed by atoms with E-state index < -0.39 is 6.29 Å². The van der Waals surface area contributed by atoms with Crippen LogP contribution >= 0.6 is 11.8 Å². The molecule has 1 saturated heterocycles. The molecule has 0 bridgehead atoms. The minimum Gasteiger partial charge on any atom is -0.392 e. The van der Waals surface area contributed by atoms with Crippen LogP contribution in [0.3, 0.4) is 0 Å². The van der Waals surface area contributed by atoms with Gasteiger partial charge in [-0.3, -0.25) is 0 Å². The lowest BCUT2D eigenvalue weighted by atomic mass is 9.99. The highest BCUT2D eigenvalue weighted by Crippen LogP contribution is 2.40. The molecule has 0 spiro atoms. The molecule has 0 aliphatic carbocycles. The lowest BCUT2D eigenvalue weighted by Crippen LogP contribution is -2.31. The van der Waals surface area contributed by atoms with Crippen LogP contribution in [0.15, 0.2) is 84.3 Å². The van der Waals surface area contributed by atoms with E-state index >= 15 is 0 Å². The van der Waals surface area contributed by atoms with E-state index in [1.165, 1.54) is 0 Å². The van der Waals surface area contributed by atoms with Crippen LogP contribution in [0.2, 0.25) is 0 Å². The fraction of sp³-hybridized carbons (Fsp3) is 0.286. The Morgan fingerprint density at radius 3 is 2.47 bits per heavy atom. The van der Waals surface area contributed by atoms with Crippen LogP contribution < -0.4 is 5.73 Å². The predicted octanol–water partition coefficient (Wildman–Crippen LogP) is 4.77. The third-order valence-electron chi connectivity index (χ3n) is 6.34. The Morgan fingerprint density at radius 2 is 1.75 bits per heavy atom. The molecule has 0 saturated carbocycles. The molecule has 7 nitrogen and oxygen atoms in total. The van der Waals surface area contributed by atoms with Gasteiger partial charge in [0, 0.05) is 31.3 Å². The number of thioether (sulfide) groups is 1. The van der Waals surface area contributed by atoms with Crippen molar-refractivity contribution in [1.29, 1.82) is 0 Å². The van der Waals surface area contributed by atoms with Crippen molar-refractivity contribution < 1.29 is 14.6 Å². The molecule has 4 aromatic rings. The Bertz CT molecular complexity index is 1290. The zero-order valence-electron chi connectivity index (χ0n) is 20.2. The Morgan fingerprint density at radius 1 is 0.972 bits per heavy atom. The zero-order valence-corrected chi connectivity index (χ0v) is 21.0. The number of benzene rings is 3. The molecule has 3 N–H and O–H groups in total. The van der Waals surface area contributed by atoms with Crippen LogP contribution in [0, 0.1) is 0 Å². The molecular weight excluding hydrogens is 472 g/mol. The second-order valence-corrected chi connectivity index (χ2v) is 9.90. The SMILES string of the molecule is Cn1cnnc1SC[C@@H]1C[C@H](c2ccc(CO)cc2)O[C@H](c2cccc(-c3cccc(CN)c3)c2)O1. The summed E-state index contributed by atoms with van der Waals surface area (Å²) < 4.78 is 14.9. The molecule has 0 radical (unpaired) electrons. The standard InChI is InChI=1S/C28H30N4O3S/c1-32-18-30-31-28(32)36-17-25-14-26(21-10-8-19(16-33)9-11-21)35-27(34-25)24-7-3-6-23(13-24)22-5-2-4-20(12-22)15-29/h2-13,18,25-27,33H,14-17,29H2,1H3/t25-,26+,27+/m0/s1. The Hall–Kier alpha value is -3.01. The fourth-order valence-electron chi connectivity index (χ4n) is 4.34. The van der Waals surface area contributed by atoms with E-state index in [4.69, 9.17) is 15.2 Å². The molecule has 5 rings (SSSR count). The molecule has 1 aliphatic rings. The average molecular weight is 503 g/mol. The van der Waals surface area contributed by atoms with Crippen molar-refractivity contribution in [3.63, 3.8) is 0 Å². The van der Waals surface area contributed by atoms with E-state index in [2.05, 4.69) is 34.5 Å². The summed E-state index contributed by atoms with van der Waals surface area (Å²) in [7, 11) is 1.94. The lowest BCUT2D eigenvalue weighted by Gasteiger charge is -2.36. The molecule has 1 fully saturated rings. The van der Waals surface area contributed by atoms with E-state index in [-0.39, 0.29) is 18.8 Å². The van der Waals surface area contributed by atoms with Crippen LogP contribution in [-0.4, -0.2) is 31.7 Å². The number of aliphatic hydroxyl groups is 1. The Kier molecular flexibility index (Phi) is 7.79. The van der Waals surface area contributed by atoms with Gasteiger partial charge in [-0.2, -0.15) is 0 Å². The number of hydrogen-bond acceptors (Lipinski definition) is 7. The van der Waals surface area contributed by atoms with Crippen LogP contribution in [0.1, 0.15) is 41.1 Å². The van der Waals surface area contributed by atoms with Crippen LogP contribution in [0.25, 0.3) is 11.1 Å². The van der Waals surface area contributed by atoms with Crippen molar-refractivity contribution in [2.75, 3.05) is 5.75 Å². The smallest absolute Gasteiger partial charge is 0.190 e. The van der Waals surface area contributed by atoms with Gasteiger partial charge in [0.2, 0.25) is 0 Å². The summed E-state index contributed by atoms with van der Waals surface area (Å²) in [4.78, 5) is 0. The maximum absolute atomic E-state index is 9.43. The summed E-state index contributed by atoms with van der Waals surface area (Å²) in [5, 5.41) is 18.5. The first-order chi connectivity index (χ1) is 17.6. The molecule has 1 aromatic heterocycles. The molecule has 0 amide bonds. The Labute approximate surface area is 215 Å². The quantitative estimate of drug-likeness (QED) is 0.335. The van der Waals surface area contributed by atoms with E-state index in [0.717, 1.165) is 50.7 Å². The molecule has 3 atom stereocenters. The van der Waals surface area contributed by atoms with Gasteiger partial charge in [-0.25, -0.2) is 0 Å². The summed E-state index contributed by atoms with van der Waals surface area (Å²) in [6.07, 6.45) is 1.73. The van der Waals surface area contributed by atoms with Gasteiger partial charge in [0.05, 0.1) is 18.8 Å². The zero-order chi connectivity index (χ0) is 24.9. The second-order valence-electron chi connectivity index (χ2n) is 8.92. The number of aromatic nitrogens is 3. The van der Waals surface area contributed by atoms with Gasteiger partial charge in [-0.05, 0) is 39.9 Å². The average Bonchev–Trinajstić information content (AvgIpc) is 3.36. The first-order valence-electron chi connectivity index (χ1n) is 12.0. The van der Waals surface area contributed by atoms with Gasteiger partial charge < -0.3 is 24.9 Å². The van der Waals surface area contributed by atoms with E-state index in [1.807, 2.05) is 60.1 Å². The number of hydrogen-bond donors (Lipinski definition) is 2. The van der Waals surface area contributed by atoms with E-state index in [0.29, 0.717) is 6.54 Å². The maximum Gasteiger partial charge on any atom is 0.190 e. The Balaban J connectivity index is 1.41. The summed E-state index contributed by atoms with van der Waals surface area (Å²) in [6, 6.07) is 24.5. The lowest BCUT2D eigenvalue weighted by molar-refractivity contribution is -0.245. The minimum absolute atomic E-state index is 0.0205. The molecule has 2 heterocycles. The van der Waals surface area contributed by atoms with Gasteiger partial charge >= 0.3 is 0 Å². The summed E-state index contributed by atoms with van der Waals surface area (Å²) >= 11 is 1.63. The fourth-order valence-corrected chi connectivity index (χ4v) is 5.24. The molecule has 3 aromatic carbocycles. The monoisotopic (exact) mass is 502 g/mol. The first-order valence-corrected chi connectivity index (χ1v) is 13.0. The highest BCUT2D eigenvalue weighted by Gasteiger charge is 2.32. The van der Waals surface area contributed by atoms with Crippen molar-refractivity contribution in [1.82, 2.24) is 14.8 Å². The van der Waals surface area contributed by atoms with Crippen LogP contribution in [0.5, 0.6) is 0 Å². The van der Waals surface area contributed by atoms with Gasteiger partial charge in [0.15, 0.2) is 11.4 Å². The van der Waals surface area contributed by atoms with E-state index in [1.54, 1.807) is 18.1 Å². The second kappa shape index (κ2) is 11.4. The third kappa shape index (κ3) is 5.69. The van der Waals surface area contributed by atoms with E-state index in [9.17, 15) is 5.11 Å². The number of nitrogens with zero attached hydrogens (tertiary/aromatic N) is 3. The minimum atomic E-state index is -0.510. The van der Waals surface area contributed by atoms with Crippen LogP contribution in [0.4, 0.5) is 0 Å². The molecule has 1 aliphatic heterocycles. The summed E-state index contributed by atoms with van der Waals surface area (Å²) in [5.41, 5.74) is 12.1. The topological polar surface area (TPSA) is 95.4 Å². The molecule has 36 heavy (non-hydrogen) atoms. The predicted molar refractivity (Wildman–Crippen MR) is 140 cm³/mol. The number of nitrogens with two attached hydrogens (primary N) is 1. The number of aryl methyl sites for hydroxylation is 1. The largest absolute Gasteiger partial charge is 0.392 e.